The third-order valence-corrected chi connectivity index (χ3v) is 5.87. The van der Waals surface area contributed by atoms with Gasteiger partial charge in [-0.2, -0.15) is 0 Å². The van der Waals surface area contributed by atoms with E-state index < -0.39 is 23.1 Å². The van der Waals surface area contributed by atoms with Gasteiger partial charge in [0, 0.05) is 19.5 Å². The highest BCUT2D eigenvalue weighted by Gasteiger charge is 2.39. The molecule has 0 saturated carbocycles. The number of nitrogen functional groups attached to an aromatic ring is 1. The van der Waals surface area contributed by atoms with Crippen LogP contribution in [-0.4, -0.2) is 32.8 Å². The number of anilines is 2. The van der Waals surface area contributed by atoms with Gasteiger partial charge in [-0.15, -0.1) is 0 Å². The lowest BCUT2D eigenvalue weighted by atomic mass is 10.1. The summed E-state index contributed by atoms with van der Waals surface area (Å²) in [5, 5.41) is 0. The molecule has 0 aromatic carbocycles. The van der Waals surface area contributed by atoms with Crippen molar-refractivity contribution in [1.82, 2.24) is 14.5 Å². The van der Waals surface area contributed by atoms with Crippen LogP contribution in [0.4, 0.5) is 11.5 Å². The number of likely N-dealkylation sites (tertiary alicyclic amines) is 1. The molecule has 180 valence electrons. The predicted octanol–water partition coefficient (Wildman–Crippen LogP) is 1.69. The monoisotopic (exact) mass is 469 g/mol. The lowest BCUT2D eigenvalue weighted by molar-refractivity contribution is -0.129. The van der Waals surface area contributed by atoms with Gasteiger partial charge in [-0.05, 0) is 30.7 Å². The Balaban J connectivity index is 1.67. The first-order valence-electron chi connectivity index (χ1n) is 11.2. The molecule has 1 fully saturated rings. The number of carbonyl (C=O) groups is 2. The fourth-order valence-corrected chi connectivity index (χ4v) is 4.10. The van der Waals surface area contributed by atoms with Crippen LogP contribution >= 0.6 is 0 Å². The summed E-state index contributed by atoms with van der Waals surface area (Å²) in [5.74, 6) is -0.411. The maximum atomic E-state index is 13.7. The fourth-order valence-electron chi connectivity index (χ4n) is 4.10. The lowest BCUT2D eigenvalue weighted by Gasteiger charge is -2.26. The van der Waals surface area contributed by atoms with Gasteiger partial charge in [0.05, 0.1) is 31.5 Å². The normalized spacial score (nSPS) is 15.7. The Labute approximate surface area is 194 Å². The zero-order valence-electron chi connectivity index (χ0n) is 18.9. The van der Waals surface area contributed by atoms with E-state index >= 15 is 0 Å². The molecule has 11 heteroatoms. The van der Waals surface area contributed by atoms with Crippen molar-refractivity contribution in [3.05, 3.63) is 69.2 Å². The number of hydrogen-bond donors (Lipinski definition) is 2. The molecule has 0 radical (unpaired) electrons. The van der Waals surface area contributed by atoms with Crippen molar-refractivity contribution in [2.75, 3.05) is 17.2 Å². The summed E-state index contributed by atoms with van der Waals surface area (Å²) in [5.41, 5.74) is 4.73. The van der Waals surface area contributed by atoms with Gasteiger partial charge in [0.1, 0.15) is 17.3 Å². The first-order chi connectivity index (χ1) is 16.4. The topological polar surface area (TPSA) is 148 Å². The van der Waals surface area contributed by atoms with Gasteiger partial charge in [-0.1, -0.05) is 13.3 Å². The van der Waals surface area contributed by atoms with Gasteiger partial charge in [-0.25, -0.2) is 4.79 Å². The number of H-pyrrole nitrogens is 1. The van der Waals surface area contributed by atoms with Gasteiger partial charge in [0.15, 0.2) is 5.69 Å². The van der Waals surface area contributed by atoms with Crippen LogP contribution in [0.25, 0.3) is 0 Å². The van der Waals surface area contributed by atoms with E-state index in [2.05, 4.69) is 4.98 Å². The van der Waals surface area contributed by atoms with Crippen molar-refractivity contribution >= 4 is 23.3 Å². The summed E-state index contributed by atoms with van der Waals surface area (Å²) in [4.78, 5) is 56.5. The minimum atomic E-state index is -0.771. The molecule has 4 heterocycles. The molecule has 4 rings (SSSR count). The smallest absolute Gasteiger partial charge is 0.330 e. The Morgan fingerprint density at radius 2 is 1.88 bits per heavy atom. The van der Waals surface area contributed by atoms with E-state index in [-0.39, 0.29) is 43.5 Å². The Bertz CT molecular complexity index is 1260. The van der Waals surface area contributed by atoms with E-state index in [0.29, 0.717) is 24.5 Å². The molecular formula is C23H27N5O6. The van der Waals surface area contributed by atoms with Gasteiger partial charge in [-0.3, -0.25) is 28.8 Å². The quantitative estimate of drug-likeness (QED) is 0.484. The first kappa shape index (κ1) is 23.1. The third-order valence-electron chi connectivity index (χ3n) is 5.87. The highest BCUT2D eigenvalue weighted by Crippen LogP contribution is 2.27. The minimum Gasteiger partial charge on any atom is -0.467 e. The van der Waals surface area contributed by atoms with E-state index in [0.717, 1.165) is 6.42 Å². The first-order valence-corrected chi connectivity index (χ1v) is 11.2. The number of aromatic amines is 1. The Kier molecular flexibility index (Phi) is 6.71. The zero-order valence-corrected chi connectivity index (χ0v) is 18.9. The maximum absolute atomic E-state index is 13.7. The molecule has 34 heavy (non-hydrogen) atoms. The summed E-state index contributed by atoms with van der Waals surface area (Å²) in [6, 6.07) is 6.82. The number of aromatic nitrogens is 2. The summed E-state index contributed by atoms with van der Waals surface area (Å²) < 4.78 is 12.0. The van der Waals surface area contributed by atoms with Crippen molar-refractivity contribution in [2.45, 2.75) is 45.8 Å². The molecule has 11 nitrogen and oxygen atoms in total. The summed E-state index contributed by atoms with van der Waals surface area (Å²) >= 11 is 0. The molecule has 1 saturated heterocycles. The molecule has 2 amide bonds. The predicted molar refractivity (Wildman–Crippen MR) is 123 cm³/mol. The number of furan rings is 2. The van der Waals surface area contributed by atoms with Gasteiger partial charge >= 0.3 is 5.69 Å². The van der Waals surface area contributed by atoms with E-state index in [1.54, 1.807) is 29.2 Å². The maximum Gasteiger partial charge on any atom is 0.330 e. The second-order valence-corrected chi connectivity index (χ2v) is 8.26. The molecule has 1 aliphatic rings. The zero-order chi connectivity index (χ0) is 24.2. The van der Waals surface area contributed by atoms with E-state index in [1.807, 2.05) is 6.92 Å². The van der Waals surface area contributed by atoms with Crippen LogP contribution < -0.4 is 21.9 Å². The van der Waals surface area contributed by atoms with Crippen molar-refractivity contribution < 1.29 is 18.4 Å². The number of rotatable bonds is 9. The number of nitrogens with zero attached hydrogens (tertiary/aromatic N) is 3. The molecule has 1 atom stereocenters. The molecule has 3 aromatic rings. The minimum absolute atomic E-state index is 0.0124. The Hall–Kier alpha value is -4.02. The van der Waals surface area contributed by atoms with Crippen LogP contribution in [-0.2, 0) is 29.2 Å². The van der Waals surface area contributed by atoms with Gasteiger partial charge in [0.25, 0.3) is 5.56 Å². The van der Waals surface area contributed by atoms with Gasteiger partial charge in [0.2, 0.25) is 11.8 Å². The second-order valence-electron chi connectivity index (χ2n) is 8.26. The fraction of sp³-hybridized carbons (Fsp3) is 0.391. The Morgan fingerprint density at radius 3 is 2.53 bits per heavy atom. The number of nitrogens with two attached hydrogens (primary N) is 1. The SMILES string of the molecule is CCCCn1c(N)c(N(Cc2ccco2)C(=O)C2CC(=O)N(Cc3ccco3)C2)c(=O)[nH]c1=O. The van der Waals surface area contributed by atoms with E-state index in [4.69, 9.17) is 14.6 Å². The summed E-state index contributed by atoms with van der Waals surface area (Å²) in [6.45, 7) is 2.60. The molecule has 1 unspecified atom stereocenters. The van der Waals surface area contributed by atoms with Crippen LogP contribution in [0.15, 0.2) is 55.2 Å². The van der Waals surface area contributed by atoms with E-state index in [1.165, 1.54) is 22.0 Å². The van der Waals surface area contributed by atoms with Crippen LogP contribution in [0.5, 0.6) is 0 Å². The average Bonchev–Trinajstić information content (AvgIpc) is 3.56. The second kappa shape index (κ2) is 9.86. The third kappa shape index (κ3) is 4.68. The van der Waals surface area contributed by atoms with Gasteiger partial charge < -0.3 is 19.5 Å². The van der Waals surface area contributed by atoms with Crippen LogP contribution in [0.1, 0.15) is 37.7 Å². The Morgan fingerprint density at radius 1 is 1.18 bits per heavy atom. The lowest BCUT2D eigenvalue weighted by Crippen LogP contribution is -2.43. The molecule has 3 N–H and O–H groups in total. The molecule has 1 aliphatic heterocycles. The summed E-state index contributed by atoms with van der Waals surface area (Å²) in [6.07, 6.45) is 4.44. The highest BCUT2D eigenvalue weighted by molar-refractivity contribution is 6.00. The number of nitrogens with one attached hydrogen (secondary N) is 1. The number of unbranched alkanes of at least 4 members (excludes halogenated alkanes) is 1. The van der Waals surface area contributed by atoms with Crippen LogP contribution in [0, 0.1) is 5.92 Å². The highest BCUT2D eigenvalue weighted by atomic mass is 16.3. The number of carbonyl (C=O) groups excluding carboxylic acids is 2. The standard InChI is InChI=1S/C23H27N5O6/c1-2-3-8-27-20(24)19(21(30)25-23(27)32)28(14-17-7-5-10-34-17)22(31)15-11-18(29)26(12-15)13-16-6-4-9-33-16/h4-7,9-10,15H,2-3,8,11-14,24H2,1H3,(H,25,30,32). The van der Waals surface area contributed by atoms with Crippen molar-refractivity contribution in [3.8, 4) is 0 Å². The van der Waals surface area contributed by atoms with Crippen molar-refractivity contribution in [3.63, 3.8) is 0 Å². The van der Waals surface area contributed by atoms with Crippen LogP contribution in [0.2, 0.25) is 0 Å². The largest absolute Gasteiger partial charge is 0.467 e. The van der Waals surface area contributed by atoms with Crippen molar-refractivity contribution in [2.24, 2.45) is 5.92 Å². The summed E-state index contributed by atoms with van der Waals surface area (Å²) in [7, 11) is 0. The molecule has 0 aliphatic carbocycles. The van der Waals surface area contributed by atoms with E-state index in [9.17, 15) is 19.2 Å². The molecular weight excluding hydrogens is 442 g/mol. The molecule has 0 bridgehead atoms. The number of hydrogen-bond acceptors (Lipinski definition) is 7. The number of amides is 2. The molecule has 0 spiro atoms. The average molecular weight is 469 g/mol. The van der Waals surface area contributed by atoms with Crippen LogP contribution in [0.3, 0.4) is 0 Å². The van der Waals surface area contributed by atoms with Crippen molar-refractivity contribution in [1.29, 1.82) is 0 Å². The molecule has 3 aromatic heterocycles.